The third-order valence-electron chi connectivity index (χ3n) is 2.39. The van der Waals surface area contributed by atoms with Crippen LogP contribution in [0.2, 0.25) is 0 Å². The molecule has 0 atom stereocenters. The predicted octanol–water partition coefficient (Wildman–Crippen LogP) is 3.51. The van der Waals surface area contributed by atoms with Gasteiger partial charge in [-0.25, -0.2) is 4.98 Å². The normalized spacial score (nSPS) is 10.4. The zero-order valence-corrected chi connectivity index (χ0v) is 12.6. The van der Waals surface area contributed by atoms with Crippen molar-refractivity contribution in [3.63, 3.8) is 0 Å². The highest BCUT2D eigenvalue weighted by atomic mass is 127. The number of ether oxygens (including phenoxy) is 1. The van der Waals surface area contributed by atoms with E-state index in [0.717, 1.165) is 21.6 Å². The summed E-state index contributed by atoms with van der Waals surface area (Å²) in [7, 11) is 1.93. The molecule has 0 spiro atoms. The molecule has 0 aliphatic heterocycles. The van der Waals surface area contributed by atoms with Gasteiger partial charge in [0.15, 0.2) is 0 Å². The topological polar surface area (TPSA) is 34.2 Å². The van der Waals surface area contributed by atoms with Crippen LogP contribution in [0.25, 0.3) is 0 Å². The number of aryl methyl sites for hydroxylation is 1. The Kier molecular flexibility index (Phi) is 4.54. The number of pyridine rings is 1. The number of benzene rings is 1. The van der Waals surface area contributed by atoms with Crippen LogP contribution >= 0.6 is 22.6 Å². The van der Waals surface area contributed by atoms with Crippen molar-refractivity contribution in [3.8, 4) is 11.6 Å². The molecule has 0 saturated carbocycles. The van der Waals surface area contributed by atoms with Crippen LogP contribution in [0.1, 0.15) is 11.3 Å². The number of nitrogens with zero attached hydrogens (tertiary/aromatic N) is 1. The first-order valence-corrected chi connectivity index (χ1v) is 6.81. The van der Waals surface area contributed by atoms with Crippen molar-refractivity contribution < 1.29 is 4.74 Å². The highest BCUT2D eigenvalue weighted by molar-refractivity contribution is 14.1. The van der Waals surface area contributed by atoms with Crippen LogP contribution in [-0.4, -0.2) is 12.0 Å². The molecule has 3 nitrogen and oxygen atoms in total. The number of nitrogens with one attached hydrogen (secondary N) is 1. The molecule has 0 aliphatic carbocycles. The summed E-state index contributed by atoms with van der Waals surface area (Å²) in [5.41, 5.74) is 2.13. The third kappa shape index (κ3) is 3.68. The SMILES string of the molecule is CNCc1cc(C)nc(Oc2cccc(I)c2)c1. The molecule has 18 heavy (non-hydrogen) atoms. The molecular formula is C14H15IN2O. The number of hydrogen-bond acceptors (Lipinski definition) is 3. The lowest BCUT2D eigenvalue weighted by Gasteiger charge is -2.08. The molecule has 1 aromatic carbocycles. The van der Waals surface area contributed by atoms with E-state index >= 15 is 0 Å². The molecule has 2 aromatic rings. The molecule has 1 heterocycles. The lowest BCUT2D eigenvalue weighted by atomic mass is 10.2. The average molecular weight is 354 g/mol. The van der Waals surface area contributed by atoms with Crippen LogP contribution in [0.4, 0.5) is 0 Å². The van der Waals surface area contributed by atoms with E-state index < -0.39 is 0 Å². The average Bonchev–Trinajstić information content (AvgIpc) is 2.28. The van der Waals surface area contributed by atoms with Crippen LogP contribution in [0, 0.1) is 10.5 Å². The first-order valence-electron chi connectivity index (χ1n) is 5.73. The molecule has 1 aromatic heterocycles. The summed E-state index contributed by atoms with van der Waals surface area (Å²) in [6, 6.07) is 11.9. The van der Waals surface area contributed by atoms with Gasteiger partial charge in [0.05, 0.1) is 0 Å². The van der Waals surface area contributed by atoms with Gasteiger partial charge in [0.2, 0.25) is 5.88 Å². The maximum absolute atomic E-state index is 5.78. The Morgan fingerprint density at radius 1 is 1.28 bits per heavy atom. The summed E-state index contributed by atoms with van der Waals surface area (Å²) in [4.78, 5) is 4.39. The largest absolute Gasteiger partial charge is 0.439 e. The fraction of sp³-hybridized carbons (Fsp3) is 0.214. The van der Waals surface area contributed by atoms with E-state index in [4.69, 9.17) is 4.74 Å². The molecular weight excluding hydrogens is 339 g/mol. The molecule has 2 rings (SSSR count). The molecule has 94 valence electrons. The summed E-state index contributed by atoms with van der Waals surface area (Å²) >= 11 is 2.26. The molecule has 0 unspecified atom stereocenters. The standard InChI is InChI=1S/C14H15IN2O/c1-10-6-11(9-16-2)7-14(17-10)18-13-5-3-4-12(15)8-13/h3-8,16H,9H2,1-2H3. The van der Waals surface area contributed by atoms with Crippen LogP contribution < -0.4 is 10.1 Å². The Labute approximate surface area is 121 Å². The first-order chi connectivity index (χ1) is 8.67. The first kappa shape index (κ1) is 13.3. The quantitative estimate of drug-likeness (QED) is 0.854. The maximum Gasteiger partial charge on any atom is 0.219 e. The molecule has 0 amide bonds. The minimum absolute atomic E-state index is 0.641. The lowest BCUT2D eigenvalue weighted by molar-refractivity contribution is 0.460. The second-order valence-electron chi connectivity index (χ2n) is 4.04. The minimum Gasteiger partial charge on any atom is -0.439 e. The van der Waals surface area contributed by atoms with Gasteiger partial charge >= 0.3 is 0 Å². The van der Waals surface area contributed by atoms with Crippen LogP contribution in [0.3, 0.4) is 0 Å². The van der Waals surface area contributed by atoms with Crippen LogP contribution in [-0.2, 0) is 6.54 Å². The van der Waals surface area contributed by atoms with Gasteiger partial charge in [-0.2, -0.15) is 0 Å². The number of aromatic nitrogens is 1. The zero-order chi connectivity index (χ0) is 13.0. The molecule has 0 aliphatic rings. The molecule has 4 heteroatoms. The van der Waals surface area contributed by atoms with Crippen molar-refractivity contribution >= 4 is 22.6 Å². The Bertz CT molecular complexity index is 543. The van der Waals surface area contributed by atoms with E-state index in [9.17, 15) is 0 Å². The Balaban J connectivity index is 2.23. The zero-order valence-electron chi connectivity index (χ0n) is 10.4. The fourth-order valence-corrected chi connectivity index (χ4v) is 2.23. The Morgan fingerprint density at radius 3 is 2.83 bits per heavy atom. The van der Waals surface area contributed by atoms with Gasteiger partial charge in [0, 0.05) is 21.9 Å². The van der Waals surface area contributed by atoms with Gasteiger partial charge in [-0.3, -0.25) is 0 Å². The Morgan fingerprint density at radius 2 is 2.11 bits per heavy atom. The maximum atomic E-state index is 5.78. The van der Waals surface area contributed by atoms with Gasteiger partial charge in [-0.1, -0.05) is 6.07 Å². The van der Waals surface area contributed by atoms with Crippen LogP contribution in [0.5, 0.6) is 11.6 Å². The third-order valence-corrected chi connectivity index (χ3v) is 3.06. The second-order valence-corrected chi connectivity index (χ2v) is 5.29. The highest BCUT2D eigenvalue weighted by Crippen LogP contribution is 2.22. The fourth-order valence-electron chi connectivity index (χ4n) is 1.72. The monoisotopic (exact) mass is 354 g/mol. The summed E-state index contributed by atoms with van der Waals surface area (Å²) < 4.78 is 6.93. The number of halogens is 1. The van der Waals surface area contributed by atoms with E-state index in [0.29, 0.717) is 5.88 Å². The Hall–Kier alpha value is -1.14. The van der Waals surface area contributed by atoms with E-state index in [2.05, 4.69) is 39.0 Å². The van der Waals surface area contributed by atoms with Crippen molar-refractivity contribution in [2.75, 3.05) is 7.05 Å². The van der Waals surface area contributed by atoms with Gasteiger partial charge < -0.3 is 10.1 Å². The van der Waals surface area contributed by atoms with Crippen molar-refractivity contribution in [1.82, 2.24) is 10.3 Å². The van der Waals surface area contributed by atoms with E-state index in [1.54, 1.807) is 0 Å². The van der Waals surface area contributed by atoms with E-state index in [1.165, 1.54) is 5.56 Å². The summed E-state index contributed by atoms with van der Waals surface area (Å²) in [6.45, 7) is 2.78. The van der Waals surface area contributed by atoms with Gasteiger partial charge in [-0.05, 0) is 66.4 Å². The second kappa shape index (κ2) is 6.15. The van der Waals surface area contributed by atoms with Gasteiger partial charge in [-0.15, -0.1) is 0 Å². The van der Waals surface area contributed by atoms with Gasteiger partial charge in [0.1, 0.15) is 5.75 Å². The molecule has 0 bridgehead atoms. The molecule has 0 saturated heterocycles. The summed E-state index contributed by atoms with van der Waals surface area (Å²) in [6.07, 6.45) is 0. The number of rotatable bonds is 4. The van der Waals surface area contributed by atoms with Crippen LogP contribution in [0.15, 0.2) is 36.4 Å². The highest BCUT2D eigenvalue weighted by Gasteiger charge is 2.03. The molecule has 0 fully saturated rings. The molecule has 0 radical (unpaired) electrons. The summed E-state index contributed by atoms with van der Waals surface area (Å²) in [5.74, 6) is 1.46. The summed E-state index contributed by atoms with van der Waals surface area (Å²) in [5, 5.41) is 3.13. The smallest absolute Gasteiger partial charge is 0.219 e. The van der Waals surface area contributed by atoms with Crippen molar-refractivity contribution in [1.29, 1.82) is 0 Å². The van der Waals surface area contributed by atoms with Gasteiger partial charge in [0.25, 0.3) is 0 Å². The van der Waals surface area contributed by atoms with E-state index in [1.807, 2.05) is 44.3 Å². The van der Waals surface area contributed by atoms with Crippen molar-refractivity contribution in [2.45, 2.75) is 13.5 Å². The predicted molar refractivity (Wildman–Crippen MR) is 81.0 cm³/mol. The van der Waals surface area contributed by atoms with E-state index in [-0.39, 0.29) is 0 Å². The minimum atomic E-state index is 0.641. The van der Waals surface area contributed by atoms with Crippen molar-refractivity contribution in [2.24, 2.45) is 0 Å². The lowest BCUT2D eigenvalue weighted by Crippen LogP contribution is -2.06. The van der Waals surface area contributed by atoms with Crippen molar-refractivity contribution in [3.05, 3.63) is 51.2 Å². The number of hydrogen-bond donors (Lipinski definition) is 1. The molecule has 1 N–H and O–H groups in total.